The quantitative estimate of drug-likeness (QED) is 0.868. The fraction of sp³-hybridized carbons (Fsp3) is 0.588. The van der Waals surface area contributed by atoms with Crippen molar-refractivity contribution >= 4 is 17.3 Å². The van der Waals surface area contributed by atoms with Crippen LogP contribution in [0.1, 0.15) is 42.9 Å². The minimum atomic E-state index is 0.329. The number of hydrogen-bond acceptors (Lipinski definition) is 2. The highest BCUT2D eigenvalue weighted by Gasteiger charge is 2.25. The first-order chi connectivity index (χ1) is 10.3. The summed E-state index contributed by atoms with van der Waals surface area (Å²) in [7, 11) is 2.11. The van der Waals surface area contributed by atoms with E-state index in [-0.39, 0.29) is 0 Å². The van der Waals surface area contributed by atoms with Gasteiger partial charge in [-0.15, -0.1) is 0 Å². The molecule has 4 heteroatoms. The van der Waals surface area contributed by atoms with Crippen LogP contribution in [0.4, 0.5) is 0 Å². The third-order valence-electron chi connectivity index (χ3n) is 4.63. The Bertz CT molecular complexity index is 499. The smallest absolute Gasteiger partial charge is 0.169 e. The van der Waals surface area contributed by atoms with Crippen molar-refractivity contribution in [2.24, 2.45) is 0 Å². The number of rotatable bonds is 3. The molecule has 0 spiro atoms. The highest BCUT2D eigenvalue weighted by Crippen LogP contribution is 2.33. The zero-order chi connectivity index (χ0) is 14.7. The van der Waals surface area contributed by atoms with Gasteiger partial charge < -0.3 is 15.0 Å². The zero-order valence-corrected chi connectivity index (χ0v) is 13.5. The molecule has 1 fully saturated rings. The van der Waals surface area contributed by atoms with Crippen LogP contribution in [0.15, 0.2) is 24.3 Å². The molecule has 1 aromatic carbocycles. The zero-order valence-electron chi connectivity index (χ0n) is 12.7. The van der Waals surface area contributed by atoms with Crippen LogP contribution < -0.4 is 5.32 Å². The molecular formula is C17H24N2OS. The molecule has 1 N–H and O–H groups in total. The molecule has 2 aliphatic rings. The molecule has 1 heterocycles. The molecule has 0 amide bonds. The summed E-state index contributed by atoms with van der Waals surface area (Å²) in [5.74, 6) is 0. The molecule has 1 saturated heterocycles. The van der Waals surface area contributed by atoms with E-state index in [1.165, 1.54) is 36.8 Å². The normalized spacial score (nSPS) is 24.4. The summed E-state index contributed by atoms with van der Waals surface area (Å²) in [5.41, 5.74) is 2.91. The molecule has 0 bridgehead atoms. The van der Waals surface area contributed by atoms with E-state index in [1.807, 2.05) is 0 Å². The van der Waals surface area contributed by atoms with Crippen molar-refractivity contribution in [1.82, 2.24) is 10.2 Å². The van der Waals surface area contributed by atoms with Crippen molar-refractivity contribution in [3.8, 4) is 0 Å². The molecule has 0 saturated carbocycles. The molecule has 3 nitrogen and oxygen atoms in total. The van der Waals surface area contributed by atoms with E-state index in [0.29, 0.717) is 12.1 Å². The lowest BCUT2D eigenvalue weighted by Crippen LogP contribution is -2.43. The Morgan fingerprint density at radius 1 is 1.33 bits per heavy atom. The molecule has 3 rings (SSSR count). The number of ether oxygens (including phenoxy) is 1. The number of fused-ring (bicyclic) bond motifs is 1. The lowest BCUT2D eigenvalue weighted by molar-refractivity contribution is 0.113. The fourth-order valence-corrected chi connectivity index (χ4v) is 3.61. The second kappa shape index (κ2) is 6.75. The van der Waals surface area contributed by atoms with Gasteiger partial charge in [0.1, 0.15) is 0 Å². The van der Waals surface area contributed by atoms with Crippen LogP contribution in [0.5, 0.6) is 0 Å². The Labute approximate surface area is 132 Å². The minimum absolute atomic E-state index is 0.329. The molecular weight excluding hydrogens is 280 g/mol. The van der Waals surface area contributed by atoms with Gasteiger partial charge in [-0.25, -0.2) is 0 Å². The van der Waals surface area contributed by atoms with Crippen molar-refractivity contribution in [2.75, 3.05) is 20.2 Å². The predicted molar refractivity (Wildman–Crippen MR) is 89.5 cm³/mol. The molecule has 2 atom stereocenters. The van der Waals surface area contributed by atoms with Crippen LogP contribution in [0.2, 0.25) is 0 Å². The second-order valence-electron chi connectivity index (χ2n) is 6.04. The molecule has 1 aliphatic carbocycles. The third-order valence-corrected chi connectivity index (χ3v) is 5.06. The predicted octanol–water partition coefficient (Wildman–Crippen LogP) is 3.05. The number of aryl methyl sites for hydroxylation is 1. The summed E-state index contributed by atoms with van der Waals surface area (Å²) in [6.07, 6.45) is 6.25. The van der Waals surface area contributed by atoms with E-state index < -0.39 is 0 Å². The average molecular weight is 304 g/mol. The third kappa shape index (κ3) is 3.38. The summed E-state index contributed by atoms with van der Waals surface area (Å²) in [6, 6.07) is 9.17. The molecule has 0 aromatic heterocycles. The van der Waals surface area contributed by atoms with Gasteiger partial charge in [0.2, 0.25) is 0 Å². The van der Waals surface area contributed by atoms with Crippen molar-refractivity contribution in [3.63, 3.8) is 0 Å². The molecule has 1 aromatic rings. The molecule has 21 heavy (non-hydrogen) atoms. The monoisotopic (exact) mass is 304 g/mol. The van der Waals surface area contributed by atoms with Crippen molar-refractivity contribution in [3.05, 3.63) is 35.4 Å². The molecule has 0 unspecified atom stereocenters. The number of nitrogens with zero attached hydrogens (tertiary/aromatic N) is 1. The van der Waals surface area contributed by atoms with E-state index in [4.69, 9.17) is 17.0 Å². The van der Waals surface area contributed by atoms with Gasteiger partial charge in [-0.3, -0.25) is 0 Å². The van der Waals surface area contributed by atoms with Crippen LogP contribution in [0.25, 0.3) is 0 Å². The van der Waals surface area contributed by atoms with E-state index in [2.05, 4.69) is 41.5 Å². The van der Waals surface area contributed by atoms with E-state index >= 15 is 0 Å². The van der Waals surface area contributed by atoms with E-state index in [0.717, 1.165) is 24.7 Å². The number of thiocarbonyl (C=S) groups is 1. The van der Waals surface area contributed by atoms with Crippen LogP contribution in [0.3, 0.4) is 0 Å². The number of benzene rings is 1. The Hall–Kier alpha value is -1.13. The maximum absolute atomic E-state index is 5.64. The Kier molecular flexibility index (Phi) is 4.76. The van der Waals surface area contributed by atoms with Gasteiger partial charge in [0.05, 0.1) is 12.1 Å². The highest BCUT2D eigenvalue weighted by atomic mass is 32.1. The SMILES string of the molecule is CN(C(=S)NC[C@@H]1CCCO1)[C@@H]1CCCc2ccccc21. The van der Waals surface area contributed by atoms with Gasteiger partial charge in [-0.1, -0.05) is 24.3 Å². The Morgan fingerprint density at radius 2 is 2.19 bits per heavy atom. The van der Waals surface area contributed by atoms with Crippen molar-refractivity contribution in [2.45, 2.75) is 44.2 Å². The summed E-state index contributed by atoms with van der Waals surface area (Å²) in [4.78, 5) is 2.22. The average Bonchev–Trinajstić information content (AvgIpc) is 3.05. The van der Waals surface area contributed by atoms with Crippen molar-refractivity contribution < 1.29 is 4.74 Å². The van der Waals surface area contributed by atoms with Gasteiger partial charge >= 0.3 is 0 Å². The molecule has 0 radical (unpaired) electrons. The van der Waals surface area contributed by atoms with E-state index in [9.17, 15) is 0 Å². The lowest BCUT2D eigenvalue weighted by Gasteiger charge is -2.35. The molecule has 114 valence electrons. The first kappa shape index (κ1) is 14.8. The van der Waals surface area contributed by atoms with Crippen LogP contribution in [-0.2, 0) is 11.2 Å². The summed E-state index contributed by atoms with van der Waals surface area (Å²) < 4.78 is 5.64. The standard InChI is InChI=1S/C17H24N2OS/c1-19(17(21)18-12-14-8-5-11-20-14)16-10-4-7-13-6-2-3-9-15(13)16/h2-3,6,9,14,16H,4-5,7-8,10-12H2,1H3,(H,18,21)/t14-,16+/m0/s1. The summed E-state index contributed by atoms with van der Waals surface area (Å²) in [5, 5.41) is 4.22. The fourth-order valence-electron chi connectivity index (χ4n) is 3.40. The van der Waals surface area contributed by atoms with Gasteiger partial charge in [-0.05, 0) is 55.4 Å². The van der Waals surface area contributed by atoms with E-state index in [1.54, 1.807) is 0 Å². The van der Waals surface area contributed by atoms with Crippen LogP contribution in [0, 0.1) is 0 Å². The Morgan fingerprint density at radius 3 is 3.00 bits per heavy atom. The maximum atomic E-state index is 5.64. The number of hydrogen-bond donors (Lipinski definition) is 1. The van der Waals surface area contributed by atoms with Crippen LogP contribution >= 0.6 is 12.2 Å². The highest BCUT2D eigenvalue weighted by molar-refractivity contribution is 7.80. The van der Waals surface area contributed by atoms with Crippen molar-refractivity contribution in [1.29, 1.82) is 0 Å². The number of nitrogens with one attached hydrogen (secondary N) is 1. The summed E-state index contributed by atoms with van der Waals surface area (Å²) in [6.45, 7) is 1.72. The van der Waals surface area contributed by atoms with Gasteiger partial charge in [0.25, 0.3) is 0 Å². The molecule has 1 aliphatic heterocycles. The van der Waals surface area contributed by atoms with Crippen LogP contribution in [-0.4, -0.2) is 36.3 Å². The minimum Gasteiger partial charge on any atom is -0.376 e. The second-order valence-corrected chi connectivity index (χ2v) is 6.43. The summed E-state index contributed by atoms with van der Waals surface area (Å²) >= 11 is 5.58. The van der Waals surface area contributed by atoms with Gasteiger partial charge in [-0.2, -0.15) is 0 Å². The first-order valence-electron chi connectivity index (χ1n) is 7.96. The maximum Gasteiger partial charge on any atom is 0.169 e. The largest absolute Gasteiger partial charge is 0.376 e. The lowest BCUT2D eigenvalue weighted by atomic mass is 9.87. The van der Waals surface area contributed by atoms with Gasteiger partial charge in [0.15, 0.2) is 5.11 Å². The Balaban J connectivity index is 1.62. The van der Waals surface area contributed by atoms with Gasteiger partial charge in [0, 0.05) is 20.2 Å². The topological polar surface area (TPSA) is 24.5 Å². The first-order valence-corrected chi connectivity index (χ1v) is 8.36.